The molecule has 1 N–H and O–H groups in total. The number of hydrogen-bond donors (Lipinski definition) is 1. The number of carbonyl (C=O) groups is 2. The molecule has 0 radical (unpaired) electrons. The van der Waals surface area contributed by atoms with Crippen molar-refractivity contribution in [1.29, 1.82) is 0 Å². The number of nitrogens with zero attached hydrogens (tertiary/aromatic N) is 3. The number of amides is 2. The average molecular weight is 333 g/mol. The number of carbonyl (C=O) groups excluding carboxylic acids is 1. The molecule has 2 rings (SSSR count). The Labute approximate surface area is 143 Å². The van der Waals surface area contributed by atoms with E-state index in [4.69, 9.17) is 0 Å². The fourth-order valence-corrected chi connectivity index (χ4v) is 3.29. The lowest BCUT2D eigenvalue weighted by atomic mass is 10.0. The monoisotopic (exact) mass is 333 g/mol. The third-order valence-electron chi connectivity index (χ3n) is 4.56. The first-order valence-corrected chi connectivity index (χ1v) is 8.35. The molecule has 1 aliphatic heterocycles. The van der Waals surface area contributed by atoms with Gasteiger partial charge in [0, 0.05) is 32.6 Å². The van der Waals surface area contributed by atoms with Crippen molar-refractivity contribution in [2.45, 2.75) is 31.3 Å². The fraction of sp³-hybridized carbons (Fsp3) is 0.556. The summed E-state index contributed by atoms with van der Waals surface area (Å²) in [5.41, 5.74) is 0.965. The third-order valence-corrected chi connectivity index (χ3v) is 4.56. The lowest BCUT2D eigenvalue weighted by Crippen LogP contribution is -2.52. The Bertz CT molecular complexity index is 562. The summed E-state index contributed by atoms with van der Waals surface area (Å²) in [6.45, 7) is 1.51. The zero-order valence-electron chi connectivity index (χ0n) is 14.7. The Balaban J connectivity index is 2.19. The van der Waals surface area contributed by atoms with Crippen LogP contribution in [0.3, 0.4) is 0 Å². The van der Waals surface area contributed by atoms with E-state index in [1.807, 2.05) is 49.3 Å². The summed E-state index contributed by atoms with van der Waals surface area (Å²) in [5.74, 6) is -0.0897. The van der Waals surface area contributed by atoms with Gasteiger partial charge in [0.25, 0.3) is 0 Å². The van der Waals surface area contributed by atoms with Gasteiger partial charge >= 0.3 is 6.09 Å². The van der Waals surface area contributed by atoms with E-state index in [9.17, 15) is 14.7 Å². The van der Waals surface area contributed by atoms with Crippen LogP contribution in [0.25, 0.3) is 0 Å². The topological polar surface area (TPSA) is 64.1 Å². The largest absolute Gasteiger partial charge is 0.465 e. The standard InChI is InChI=1S/C18H27N3O3/c1-19(2)13-15-10-7-11-21(15)17(22)16(20(3)18(23)24)12-14-8-5-4-6-9-14/h4-6,8-9,15-16H,7,10-13H2,1-3H3,(H,23,24)/t15-,16+/m0/s1. The van der Waals surface area contributed by atoms with Gasteiger partial charge in [-0.15, -0.1) is 0 Å². The van der Waals surface area contributed by atoms with Crippen LogP contribution in [0.15, 0.2) is 30.3 Å². The van der Waals surface area contributed by atoms with Crippen molar-refractivity contribution in [2.24, 2.45) is 0 Å². The van der Waals surface area contributed by atoms with Crippen molar-refractivity contribution in [3.05, 3.63) is 35.9 Å². The summed E-state index contributed by atoms with van der Waals surface area (Å²) in [4.78, 5) is 29.6. The molecule has 0 aliphatic carbocycles. The first-order valence-electron chi connectivity index (χ1n) is 8.35. The minimum atomic E-state index is -1.08. The van der Waals surface area contributed by atoms with Crippen LogP contribution in [-0.4, -0.2) is 78.1 Å². The molecule has 132 valence electrons. The van der Waals surface area contributed by atoms with Crippen molar-refractivity contribution in [3.63, 3.8) is 0 Å². The van der Waals surface area contributed by atoms with Crippen LogP contribution in [0.2, 0.25) is 0 Å². The van der Waals surface area contributed by atoms with Crippen molar-refractivity contribution in [3.8, 4) is 0 Å². The highest BCUT2D eigenvalue weighted by Gasteiger charge is 2.36. The van der Waals surface area contributed by atoms with Gasteiger partial charge in [-0.2, -0.15) is 0 Å². The number of likely N-dealkylation sites (tertiary alicyclic amines) is 1. The summed E-state index contributed by atoms with van der Waals surface area (Å²) in [5, 5.41) is 9.38. The van der Waals surface area contributed by atoms with Gasteiger partial charge in [-0.3, -0.25) is 9.69 Å². The Kier molecular flexibility index (Phi) is 6.20. The third kappa shape index (κ3) is 4.47. The van der Waals surface area contributed by atoms with Crippen molar-refractivity contribution in [2.75, 3.05) is 34.2 Å². The van der Waals surface area contributed by atoms with E-state index in [1.54, 1.807) is 0 Å². The Morgan fingerprint density at radius 2 is 1.92 bits per heavy atom. The predicted octanol–water partition coefficient (Wildman–Crippen LogP) is 1.76. The minimum absolute atomic E-state index is 0.0897. The first-order chi connectivity index (χ1) is 11.4. The molecule has 6 nitrogen and oxygen atoms in total. The summed E-state index contributed by atoms with van der Waals surface area (Å²) >= 11 is 0. The molecular weight excluding hydrogens is 306 g/mol. The molecule has 2 amide bonds. The lowest BCUT2D eigenvalue weighted by molar-refractivity contribution is -0.137. The quantitative estimate of drug-likeness (QED) is 0.862. The molecule has 0 unspecified atom stereocenters. The van der Waals surface area contributed by atoms with E-state index >= 15 is 0 Å². The van der Waals surface area contributed by atoms with Gasteiger partial charge in [0.15, 0.2) is 0 Å². The van der Waals surface area contributed by atoms with Crippen LogP contribution < -0.4 is 0 Å². The zero-order valence-corrected chi connectivity index (χ0v) is 14.7. The van der Waals surface area contributed by atoms with Crippen LogP contribution in [0.4, 0.5) is 4.79 Å². The maximum atomic E-state index is 13.1. The smallest absolute Gasteiger partial charge is 0.407 e. The molecule has 0 bridgehead atoms. The maximum Gasteiger partial charge on any atom is 0.407 e. The van der Waals surface area contributed by atoms with E-state index < -0.39 is 12.1 Å². The molecule has 0 spiro atoms. The molecule has 2 atom stereocenters. The summed E-state index contributed by atoms with van der Waals surface area (Å²) in [7, 11) is 5.46. The molecular formula is C18H27N3O3. The maximum absolute atomic E-state index is 13.1. The Hall–Kier alpha value is -2.08. The highest BCUT2D eigenvalue weighted by molar-refractivity contribution is 5.86. The van der Waals surface area contributed by atoms with Crippen LogP contribution in [-0.2, 0) is 11.2 Å². The Morgan fingerprint density at radius 3 is 2.50 bits per heavy atom. The Morgan fingerprint density at radius 1 is 1.25 bits per heavy atom. The highest BCUT2D eigenvalue weighted by atomic mass is 16.4. The molecule has 0 saturated carbocycles. The fourth-order valence-electron chi connectivity index (χ4n) is 3.29. The van der Waals surface area contributed by atoms with E-state index in [-0.39, 0.29) is 11.9 Å². The number of hydrogen-bond acceptors (Lipinski definition) is 3. The second-order valence-electron chi connectivity index (χ2n) is 6.69. The zero-order chi connectivity index (χ0) is 17.7. The SMILES string of the molecule is CN(C)C[C@@H]1CCCN1C(=O)[C@@H](Cc1ccccc1)N(C)C(=O)O. The van der Waals surface area contributed by atoms with Gasteiger partial charge in [-0.1, -0.05) is 30.3 Å². The molecule has 24 heavy (non-hydrogen) atoms. The first kappa shape index (κ1) is 18.3. The van der Waals surface area contributed by atoms with Gasteiger partial charge in [0.2, 0.25) is 5.91 Å². The van der Waals surface area contributed by atoms with Crippen LogP contribution >= 0.6 is 0 Å². The summed E-state index contributed by atoms with van der Waals surface area (Å²) in [6.07, 6.45) is 1.26. The van der Waals surface area contributed by atoms with Gasteiger partial charge in [0.1, 0.15) is 6.04 Å². The van der Waals surface area contributed by atoms with Crippen molar-refractivity contribution in [1.82, 2.24) is 14.7 Å². The molecule has 1 fully saturated rings. The second kappa shape index (κ2) is 8.15. The number of rotatable bonds is 6. The van der Waals surface area contributed by atoms with Crippen LogP contribution in [0.1, 0.15) is 18.4 Å². The van der Waals surface area contributed by atoms with Crippen LogP contribution in [0, 0.1) is 0 Å². The van der Waals surface area contributed by atoms with Gasteiger partial charge in [-0.05, 0) is 32.5 Å². The van der Waals surface area contributed by atoms with E-state index in [1.165, 1.54) is 7.05 Å². The second-order valence-corrected chi connectivity index (χ2v) is 6.69. The molecule has 1 aromatic carbocycles. The normalized spacial score (nSPS) is 18.7. The van der Waals surface area contributed by atoms with Gasteiger partial charge in [0.05, 0.1) is 0 Å². The minimum Gasteiger partial charge on any atom is -0.465 e. The summed E-state index contributed by atoms with van der Waals surface area (Å²) in [6, 6.07) is 9.05. The molecule has 1 heterocycles. The van der Waals surface area contributed by atoms with Crippen molar-refractivity contribution < 1.29 is 14.7 Å². The average Bonchev–Trinajstić information content (AvgIpc) is 2.99. The number of likely N-dealkylation sites (N-methyl/N-ethyl adjacent to an activating group) is 2. The number of benzene rings is 1. The lowest BCUT2D eigenvalue weighted by Gasteiger charge is -2.33. The van der Waals surface area contributed by atoms with Gasteiger partial charge < -0.3 is 14.9 Å². The number of carboxylic acid groups (broad SMARTS) is 1. The molecule has 6 heteroatoms. The van der Waals surface area contributed by atoms with E-state index in [0.29, 0.717) is 13.0 Å². The van der Waals surface area contributed by atoms with E-state index in [2.05, 4.69) is 4.90 Å². The van der Waals surface area contributed by atoms with Crippen molar-refractivity contribution >= 4 is 12.0 Å². The predicted molar refractivity (Wildman–Crippen MR) is 93.0 cm³/mol. The molecule has 1 saturated heterocycles. The molecule has 1 aliphatic rings. The summed E-state index contributed by atoms with van der Waals surface area (Å²) < 4.78 is 0. The van der Waals surface area contributed by atoms with E-state index in [0.717, 1.165) is 29.8 Å². The molecule has 1 aromatic rings. The molecule has 0 aromatic heterocycles. The van der Waals surface area contributed by atoms with Crippen LogP contribution in [0.5, 0.6) is 0 Å². The highest BCUT2D eigenvalue weighted by Crippen LogP contribution is 2.21. The van der Waals surface area contributed by atoms with Gasteiger partial charge in [-0.25, -0.2) is 4.79 Å².